The Morgan fingerprint density at radius 3 is 1.79 bits per heavy atom. The maximum absolute atomic E-state index is 13.4. The molecule has 7 heteroatoms. The lowest BCUT2D eigenvalue weighted by atomic mass is 10.1. The van der Waals surface area contributed by atoms with Crippen molar-refractivity contribution in [3.63, 3.8) is 0 Å². The second-order valence-electron chi connectivity index (χ2n) is 8.10. The van der Waals surface area contributed by atoms with E-state index >= 15 is 0 Å². The van der Waals surface area contributed by atoms with Gasteiger partial charge in [0.2, 0.25) is 10.0 Å². The van der Waals surface area contributed by atoms with Crippen molar-refractivity contribution in [3.8, 4) is 0 Å². The molecular weight excluding hydrogens is 436 g/mol. The van der Waals surface area contributed by atoms with Crippen LogP contribution in [0.1, 0.15) is 27.0 Å². The molecule has 1 fully saturated rings. The van der Waals surface area contributed by atoms with Crippen LogP contribution in [0, 0.1) is 0 Å². The summed E-state index contributed by atoms with van der Waals surface area (Å²) in [5.74, 6) is -0.176. The summed E-state index contributed by atoms with van der Waals surface area (Å²) in [5, 5.41) is 0. The van der Waals surface area contributed by atoms with E-state index in [0.717, 1.165) is 11.1 Å². The van der Waals surface area contributed by atoms with E-state index in [4.69, 9.17) is 4.74 Å². The molecule has 0 saturated carbocycles. The van der Waals surface area contributed by atoms with E-state index in [0.29, 0.717) is 50.5 Å². The molecule has 0 bridgehead atoms. The third kappa shape index (κ3) is 6.28. The molecule has 33 heavy (non-hydrogen) atoms. The Bertz CT molecular complexity index is 1100. The van der Waals surface area contributed by atoms with Crippen LogP contribution in [0.25, 0.3) is 0 Å². The Kier molecular flexibility index (Phi) is 7.54. The van der Waals surface area contributed by atoms with Crippen molar-refractivity contribution < 1.29 is 17.9 Å². The van der Waals surface area contributed by atoms with Gasteiger partial charge in [-0.2, -0.15) is 4.31 Å². The summed E-state index contributed by atoms with van der Waals surface area (Å²) in [7, 11) is -3.41. The summed E-state index contributed by atoms with van der Waals surface area (Å²) in [5.41, 5.74) is 3.30. The molecule has 172 valence electrons. The molecule has 1 aliphatic rings. The average Bonchev–Trinajstić information content (AvgIpc) is 2.85. The summed E-state index contributed by atoms with van der Waals surface area (Å²) in [6.45, 7) is 2.58. The monoisotopic (exact) mass is 464 g/mol. The fourth-order valence-corrected chi connectivity index (χ4v) is 5.36. The predicted molar refractivity (Wildman–Crippen MR) is 128 cm³/mol. The lowest BCUT2D eigenvalue weighted by molar-refractivity contribution is 0.0728. The van der Waals surface area contributed by atoms with E-state index in [-0.39, 0.29) is 11.7 Å². The van der Waals surface area contributed by atoms with Gasteiger partial charge in [-0.1, -0.05) is 72.8 Å². The second kappa shape index (κ2) is 10.7. The fourth-order valence-electron chi connectivity index (χ4n) is 3.86. The van der Waals surface area contributed by atoms with Crippen LogP contribution in [-0.2, 0) is 33.6 Å². The van der Waals surface area contributed by atoms with Gasteiger partial charge >= 0.3 is 0 Å². The number of ether oxygens (including phenoxy) is 1. The Hall–Kier alpha value is -3.00. The molecule has 0 spiro atoms. The van der Waals surface area contributed by atoms with Crippen molar-refractivity contribution in [3.05, 3.63) is 107 Å². The summed E-state index contributed by atoms with van der Waals surface area (Å²) in [6, 6.07) is 26.7. The predicted octanol–water partition coefficient (Wildman–Crippen LogP) is 3.69. The minimum absolute atomic E-state index is 0.0841. The minimum atomic E-state index is -3.41. The molecule has 3 aromatic rings. The quantitative estimate of drug-likeness (QED) is 0.510. The molecule has 1 saturated heterocycles. The van der Waals surface area contributed by atoms with E-state index in [2.05, 4.69) is 0 Å². The smallest absolute Gasteiger partial charge is 0.254 e. The first kappa shape index (κ1) is 23.2. The Morgan fingerprint density at radius 2 is 1.27 bits per heavy atom. The third-order valence-electron chi connectivity index (χ3n) is 5.63. The first-order chi connectivity index (χ1) is 16.0. The summed E-state index contributed by atoms with van der Waals surface area (Å²) in [6.07, 6.45) is 0. The number of nitrogens with zero attached hydrogens (tertiary/aromatic N) is 2. The zero-order valence-electron chi connectivity index (χ0n) is 18.5. The highest BCUT2D eigenvalue weighted by atomic mass is 32.2. The molecule has 0 radical (unpaired) electrons. The molecule has 0 unspecified atom stereocenters. The van der Waals surface area contributed by atoms with E-state index in [1.807, 2.05) is 65.6 Å². The van der Waals surface area contributed by atoms with Crippen LogP contribution in [0.2, 0.25) is 0 Å². The van der Waals surface area contributed by atoms with E-state index < -0.39 is 10.0 Å². The van der Waals surface area contributed by atoms with E-state index in [9.17, 15) is 13.2 Å². The summed E-state index contributed by atoms with van der Waals surface area (Å²) >= 11 is 0. The summed E-state index contributed by atoms with van der Waals surface area (Å²) < 4.78 is 32.1. The standard InChI is InChI=1S/C26H28N2O4S/c29-26(27(19-22-7-3-1-4-8-22)20-23-9-5-2-6-10-23)25-13-11-24(12-14-25)21-33(30,31)28-15-17-32-18-16-28/h1-14H,15-21H2. The third-order valence-corrected chi connectivity index (χ3v) is 7.48. The summed E-state index contributed by atoms with van der Waals surface area (Å²) in [4.78, 5) is 15.2. The van der Waals surface area contributed by atoms with Crippen LogP contribution >= 0.6 is 0 Å². The Labute approximate surface area is 195 Å². The fraction of sp³-hybridized carbons (Fsp3) is 0.269. The average molecular weight is 465 g/mol. The van der Waals surface area contributed by atoms with Crippen molar-refractivity contribution in [2.24, 2.45) is 0 Å². The highest BCUT2D eigenvalue weighted by Crippen LogP contribution is 2.17. The molecular formula is C26H28N2O4S. The highest BCUT2D eigenvalue weighted by Gasteiger charge is 2.25. The zero-order chi connectivity index (χ0) is 23.1. The molecule has 0 N–H and O–H groups in total. The number of morpholine rings is 1. The molecule has 3 aromatic carbocycles. The molecule has 0 aromatic heterocycles. The Morgan fingerprint density at radius 1 is 0.758 bits per heavy atom. The molecule has 6 nitrogen and oxygen atoms in total. The number of hydrogen-bond acceptors (Lipinski definition) is 4. The van der Waals surface area contributed by atoms with Crippen molar-refractivity contribution >= 4 is 15.9 Å². The number of carbonyl (C=O) groups is 1. The van der Waals surface area contributed by atoms with Crippen molar-refractivity contribution in [1.82, 2.24) is 9.21 Å². The highest BCUT2D eigenvalue weighted by molar-refractivity contribution is 7.88. The van der Waals surface area contributed by atoms with Crippen molar-refractivity contribution in [2.75, 3.05) is 26.3 Å². The molecule has 1 aliphatic heterocycles. The first-order valence-corrected chi connectivity index (χ1v) is 12.6. The Balaban J connectivity index is 1.49. The van der Waals surface area contributed by atoms with Crippen LogP contribution in [0.15, 0.2) is 84.9 Å². The molecule has 1 heterocycles. The van der Waals surface area contributed by atoms with Gasteiger partial charge in [0.25, 0.3) is 5.91 Å². The van der Waals surface area contributed by atoms with E-state index in [1.54, 1.807) is 24.3 Å². The van der Waals surface area contributed by atoms with Gasteiger partial charge in [-0.15, -0.1) is 0 Å². The zero-order valence-corrected chi connectivity index (χ0v) is 19.3. The van der Waals surface area contributed by atoms with Crippen LogP contribution < -0.4 is 0 Å². The van der Waals surface area contributed by atoms with Gasteiger partial charge in [0.15, 0.2) is 0 Å². The normalized spacial score (nSPS) is 14.7. The van der Waals surface area contributed by atoms with Gasteiger partial charge in [0, 0.05) is 31.7 Å². The van der Waals surface area contributed by atoms with Crippen molar-refractivity contribution in [1.29, 1.82) is 0 Å². The minimum Gasteiger partial charge on any atom is -0.379 e. The molecule has 1 amide bonds. The van der Waals surface area contributed by atoms with Gasteiger partial charge in [-0.25, -0.2) is 8.42 Å². The van der Waals surface area contributed by atoms with Crippen LogP contribution in [0.4, 0.5) is 0 Å². The van der Waals surface area contributed by atoms with Crippen LogP contribution in [0.3, 0.4) is 0 Å². The first-order valence-electron chi connectivity index (χ1n) is 11.0. The SMILES string of the molecule is O=C(c1ccc(CS(=O)(=O)N2CCOCC2)cc1)N(Cc1ccccc1)Cc1ccccc1. The molecule has 4 rings (SSSR count). The number of benzene rings is 3. The largest absolute Gasteiger partial charge is 0.379 e. The second-order valence-corrected chi connectivity index (χ2v) is 10.1. The van der Waals surface area contributed by atoms with Crippen LogP contribution in [0.5, 0.6) is 0 Å². The lowest BCUT2D eigenvalue weighted by Crippen LogP contribution is -2.41. The molecule has 0 aliphatic carbocycles. The van der Waals surface area contributed by atoms with Gasteiger partial charge in [0.05, 0.1) is 19.0 Å². The lowest BCUT2D eigenvalue weighted by Gasteiger charge is -2.26. The number of sulfonamides is 1. The number of amides is 1. The van der Waals surface area contributed by atoms with Gasteiger partial charge in [0.1, 0.15) is 0 Å². The van der Waals surface area contributed by atoms with Gasteiger partial charge < -0.3 is 9.64 Å². The number of hydrogen-bond donors (Lipinski definition) is 0. The van der Waals surface area contributed by atoms with Gasteiger partial charge in [-0.05, 0) is 28.8 Å². The number of rotatable bonds is 8. The topological polar surface area (TPSA) is 66.9 Å². The van der Waals surface area contributed by atoms with Gasteiger partial charge in [-0.3, -0.25) is 4.79 Å². The molecule has 0 atom stereocenters. The maximum Gasteiger partial charge on any atom is 0.254 e. The van der Waals surface area contributed by atoms with E-state index in [1.165, 1.54) is 4.31 Å². The van der Waals surface area contributed by atoms with Crippen molar-refractivity contribution in [2.45, 2.75) is 18.8 Å². The van der Waals surface area contributed by atoms with Crippen LogP contribution in [-0.4, -0.2) is 49.8 Å². The maximum atomic E-state index is 13.4. The number of carbonyl (C=O) groups excluding carboxylic acids is 1.